The molecule has 0 spiro atoms. The van der Waals surface area contributed by atoms with Gasteiger partial charge in [-0.25, -0.2) is 0 Å². The van der Waals surface area contributed by atoms with E-state index in [0.29, 0.717) is 48.4 Å². The van der Waals surface area contributed by atoms with Gasteiger partial charge in [0.1, 0.15) is 19.0 Å². The lowest BCUT2D eigenvalue weighted by molar-refractivity contribution is 0.0745. The summed E-state index contributed by atoms with van der Waals surface area (Å²) in [6.07, 6.45) is 0. The molecule has 0 aromatic heterocycles. The number of piperazine rings is 1. The molecule has 1 amide bonds. The van der Waals surface area contributed by atoms with Crippen LogP contribution >= 0.6 is 11.6 Å². The van der Waals surface area contributed by atoms with Gasteiger partial charge in [-0.3, -0.25) is 4.79 Å². The van der Waals surface area contributed by atoms with Crippen LogP contribution < -0.4 is 19.1 Å². The number of carbonyl (C=O) groups is 1. The Morgan fingerprint density at radius 3 is 2.59 bits per heavy atom. The Bertz CT molecular complexity index is 850. The van der Waals surface area contributed by atoms with E-state index in [1.807, 2.05) is 29.2 Å². The van der Waals surface area contributed by atoms with Gasteiger partial charge >= 0.3 is 0 Å². The van der Waals surface area contributed by atoms with Gasteiger partial charge in [-0.05, 0) is 24.3 Å². The number of para-hydroxylation sites is 2. The van der Waals surface area contributed by atoms with E-state index in [4.69, 9.17) is 25.8 Å². The molecule has 2 aliphatic rings. The number of ether oxygens (including phenoxy) is 3. The largest absolute Gasteiger partial charge is 0.495 e. The van der Waals surface area contributed by atoms with Gasteiger partial charge in [-0.15, -0.1) is 0 Å². The van der Waals surface area contributed by atoms with Crippen LogP contribution in [-0.2, 0) is 0 Å². The quantitative estimate of drug-likeness (QED) is 0.808. The number of rotatable bonds is 3. The minimum absolute atomic E-state index is 0.0476. The van der Waals surface area contributed by atoms with Gasteiger partial charge in [0.2, 0.25) is 0 Å². The third-order valence-corrected chi connectivity index (χ3v) is 5.12. The maximum Gasteiger partial charge on any atom is 0.254 e. The Kier molecular flexibility index (Phi) is 4.99. The second-order valence-corrected chi connectivity index (χ2v) is 6.84. The van der Waals surface area contributed by atoms with Crippen molar-refractivity contribution in [1.82, 2.24) is 4.90 Å². The van der Waals surface area contributed by atoms with Crippen molar-refractivity contribution in [3.8, 4) is 17.2 Å². The van der Waals surface area contributed by atoms with Crippen LogP contribution in [0.5, 0.6) is 17.2 Å². The van der Waals surface area contributed by atoms with E-state index in [0.717, 1.165) is 24.5 Å². The summed E-state index contributed by atoms with van der Waals surface area (Å²) in [5.74, 6) is 1.84. The van der Waals surface area contributed by atoms with Gasteiger partial charge in [0, 0.05) is 31.7 Å². The molecule has 4 rings (SSSR count). The number of amides is 1. The van der Waals surface area contributed by atoms with E-state index in [1.165, 1.54) is 0 Å². The molecule has 2 aromatic carbocycles. The van der Waals surface area contributed by atoms with E-state index >= 15 is 0 Å². The first-order valence-corrected chi connectivity index (χ1v) is 9.31. The molecule has 1 fully saturated rings. The third kappa shape index (κ3) is 3.49. The van der Waals surface area contributed by atoms with E-state index in [-0.39, 0.29) is 5.91 Å². The molecule has 0 N–H and O–H groups in total. The highest BCUT2D eigenvalue weighted by Crippen LogP contribution is 2.38. The van der Waals surface area contributed by atoms with E-state index in [1.54, 1.807) is 19.2 Å². The molecule has 0 saturated carbocycles. The lowest BCUT2D eigenvalue weighted by atomic mass is 10.1. The molecule has 2 heterocycles. The molecular formula is C20H21ClN2O4. The van der Waals surface area contributed by atoms with Gasteiger partial charge in [0.15, 0.2) is 11.5 Å². The summed E-state index contributed by atoms with van der Waals surface area (Å²) in [6, 6.07) is 11.3. The topological polar surface area (TPSA) is 51.2 Å². The number of halogens is 1. The van der Waals surface area contributed by atoms with Crippen LogP contribution in [0.25, 0.3) is 0 Å². The van der Waals surface area contributed by atoms with Crippen LogP contribution in [0.1, 0.15) is 10.4 Å². The normalized spacial score (nSPS) is 16.2. The first-order chi connectivity index (χ1) is 13.2. The van der Waals surface area contributed by atoms with Gasteiger partial charge in [0.05, 0.1) is 17.8 Å². The molecule has 0 atom stereocenters. The summed E-state index contributed by atoms with van der Waals surface area (Å²) >= 11 is 6.27. The smallest absolute Gasteiger partial charge is 0.254 e. The molecule has 6 nitrogen and oxygen atoms in total. The first kappa shape index (κ1) is 17.8. The van der Waals surface area contributed by atoms with Crippen molar-refractivity contribution in [2.45, 2.75) is 0 Å². The fraction of sp³-hybridized carbons (Fsp3) is 0.350. The maximum absolute atomic E-state index is 12.9. The number of hydrogen-bond acceptors (Lipinski definition) is 5. The van der Waals surface area contributed by atoms with Crippen LogP contribution in [0.3, 0.4) is 0 Å². The van der Waals surface area contributed by atoms with E-state index < -0.39 is 0 Å². The first-order valence-electron chi connectivity index (χ1n) is 8.94. The molecule has 0 aliphatic carbocycles. The standard InChI is InChI=1S/C20H21ClN2O4/c1-25-17-5-3-2-4-16(17)22-6-8-23(9-7-22)20(24)14-12-15(21)19-18(13-14)26-10-11-27-19/h2-5,12-13H,6-11H2,1H3. The van der Waals surface area contributed by atoms with Gasteiger partial charge in [0.25, 0.3) is 5.91 Å². The van der Waals surface area contributed by atoms with E-state index in [9.17, 15) is 4.79 Å². The average Bonchev–Trinajstić information content (AvgIpc) is 2.73. The van der Waals surface area contributed by atoms with Crippen molar-refractivity contribution in [1.29, 1.82) is 0 Å². The van der Waals surface area contributed by atoms with E-state index in [2.05, 4.69) is 4.90 Å². The molecule has 2 aromatic rings. The average molecular weight is 389 g/mol. The highest BCUT2D eigenvalue weighted by Gasteiger charge is 2.26. The van der Waals surface area contributed by atoms with Crippen LogP contribution in [0, 0.1) is 0 Å². The van der Waals surface area contributed by atoms with Gasteiger partial charge < -0.3 is 24.0 Å². The van der Waals surface area contributed by atoms with Crippen LogP contribution in [0.2, 0.25) is 5.02 Å². The molecule has 7 heteroatoms. The number of benzene rings is 2. The number of carbonyl (C=O) groups excluding carboxylic acids is 1. The zero-order valence-corrected chi connectivity index (χ0v) is 15.9. The molecular weight excluding hydrogens is 368 g/mol. The second kappa shape index (κ2) is 7.56. The zero-order valence-electron chi connectivity index (χ0n) is 15.1. The summed E-state index contributed by atoms with van der Waals surface area (Å²) in [7, 11) is 1.67. The van der Waals surface area contributed by atoms with Crippen LogP contribution in [-0.4, -0.2) is 57.3 Å². The fourth-order valence-corrected chi connectivity index (χ4v) is 3.72. The predicted molar refractivity (Wildman–Crippen MR) is 104 cm³/mol. The number of nitrogens with zero attached hydrogens (tertiary/aromatic N) is 2. The van der Waals surface area contributed by atoms with Crippen molar-refractivity contribution in [2.24, 2.45) is 0 Å². The van der Waals surface area contributed by atoms with Crippen LogP contribution in [0.15, 0.2) is 36.4 Å². The van der Waals surface area contributed by atoms with Crippen molar-refractivity contribution >= 4 is 23.2 Å². The number of anilines is 1. The van der Waals surface area contributed by atoms with Crippen molar-refractivity contribution < 1.29 is 19.0 Å². The Balaban J connectivity index is 1.47. The summed E-state index contributed by atoms with van der Waals surface area (Å²) in [4.78, 5) is 17.0. The summed E-state index contributed by atoms with van der Waals surface area (Å²) in [5, 5.41) is 0.406. The molecule has 142 valence electrons. The summed E-state index contributed by atoms with van der Waals surface area (Å²) in [5.41, 5.74) is 1.57. The molecule has 0 radical (unpaired) electrons. The van der Waals surface area contributed by atoms with Gasteiger partial charge in [-0.2, -0.15) is 0 Å². The molecule has 0 unspecified atom stereocenters. The third-order valence-electron chi connectivity index (χ3n) is 4.84. The Labute approximate surface area is 163 Å². The second-order valence-electron chi connectivity index (χ2n) is 6.43. The SMILES string of the molecule is COc1ccccc1N1CCN(C(=O)c2cc(Cl)c3c(c2)OCCO3)CC1. The monoisotopic (exact) mass is 388 g/mol. The Morgan fingerprint density at radius 1 is 1.07 bits per heavy atom. The van der Waals surface area contributed by atoms with Crippen LogP contribution in [0.4, 0.5) is 5.69 Å². The zero-order chi connectivity index (χ0) is 18.8. The number of hydrogen-bond donors (Lipinski definition) is 0. The molecule has 27 heavy (non-hydrogen) atoms. The number of methoxy groups -OCH3 is 1. The van der Waals surface area contributed by atoms with Crippen molar-refractivity contribution in [2.75, 3.05) is 51.4 Å². The van der Waals surface area contributed by atoms with Crippen molar-refractivity contribution in [3.63, 3.8) is 0 Å². The lowest BCUT2D eigenvalue weighted by Gasteiger charge is -2.36. The highest BCUT2D eigenvalue weighted by atomic mass is 35.5. The summed E-state index contributed by atoms with van der Waals surface area (Å²) in [6.45, 7) is 3.66. The summed E-state index contributed by atoms with van der Waals surface area (Å²) < 4.78 is 16.5. The van der Waals surface area contributed by atoms with Crippen molar-refractivity contribution in [3.05, 3.63) is 47.0 Å². The predicted octanol–water partition coefficient (Wildman–Crippen LogP) is 3.08. The molecule has 2 aliphatic heterocycles. The number of fused-ring (bicyclic) bond motifs is 1. The lowest BCUT2D eigenvalue weighted by Crippen LogP contribution is -2.48. The fourth-order valence-electron chi connectivity index (χ4n) is 3.46. The Hall–Kier alpha value is -2.60. The molecule has 0 bridgehead atoms. The highest BCUT2D eigenvalue weighted by molar-refractivity contribution is 6.32. The minimum atomic E-state index is -0.0476. The Morgan fingerprint density at radius 2 is 1.81 bits per heavy atom. The van der Waals surface area contributed by atoms with Gasteiger partial charge in [-0.1, -0.05) is 23.7 Å². The molecule has 1 saturated heterocycles. The minimum Gasteiger partial charge on any atom is -0.495 e. The maximum atomic E-state index is 12.9.